The van der Waals surface area contributed by atoms with Crippen LogP contribution in [0.2, 0.25) is 0 Å². The van der Waals surface area contributed by atoms with Crippen LogP contribution in [0.3, 0.4) is 0 Å². The highest BCUT2D eigenvalue weighted by Gasteiger charge is 2.29. The van der Waals surface area contributed by atoms with Gasteiger partial charge in [-0.3, -0.25) is 0 Å². The highest BCUT2D eigenvalue weighted by Crippen LogP contribution is 2.24. The third-order valence-corrected chi connectivity index (χ3v) is 4.03. The minimum Gasteiger partial charge on any atom is -0.393 e. The number of nitrogens with zero attached hydrogens (tertiary/aromatic N) is 1. The van der Waals surface area contributed by atoms with Gasteiger partial charge in [0.15, 0.2) is 0 Å². The van der Waals surface area contributed by atoms with Gasteiger partial charge in [0.25, 0.3) is 0 Å². The Morgan fingerprint density at radius 3 is 2.69 bits per heavy atom. The van der Waals surface area contributed by atoms with Crippen molar-refractivity contribution in [1.29, 1.82) is 0 Å². The lowest BCUT2D eigenvalue weighted by atomic mass is 9.88. The lowest BCUT2D eigenvalue weighted by Gasteiger charge is -2.38. The monoisotopic (exact) mass is 244 g/mol. The fourth-order valence-corrected chi connectivity index (χ4v) is 2.18. The Hall–Kier alpha value is -0.190. The molecule has 1 fully saturated rings. The summed E-state index contributed by atoms with van der Waals surface area (Å²) in [6, 6.07) is 0. The molecule has 0 aliphatic carbocycles. The first-order chi connectivity index (χ1) is 7.23. The summed E-state index contributed by atoms with van der Waals surface area (Å²) in [5.41, 5.74) is 5.10. The quantitative estimate of drug-likeness (QED) is 0.737. The molecule has 94 valence electrons. The Kier molecular flexibility index (Phi) is 4.32. The van der Waals surface area contributed by atoms with Crippen molar-refractivity contribution in [1.82, 2.24) is 4.90 Å². The highest BCUT2D eigenvalue weighted by atomic mass is 32.1. The average molecular weight is 244 g/mol. The predicted molar refractivity (Wildman–Crippen MR) is 71.5 cm³/mol. The predicted octanol–water partition coefficient (Wildman–Crippen LogP) is 1.54. The molecule has 0 aromatic carbocycles. The van der Waals surface area contributed by atoms with E-state index in [0.29, 0.717) is 4.99 Å². The number of likely N-dealkylation sites (tertiary alicyclic amines) is 1. The average Bonchev–Trinajstić information content (AvgIpc) is 2.13. The van der Waals surface area contributed by atoms with Crippen molar-refractivity contribution in [3.05, 3.63) is 0 Å². The van der Waals surface area contributed by atoms with Crippen molar-refractivity contribution in [3.8, 4) is 0 Å². The molecule has 1 aliphatic rings. The topological polar surface area (TPSA) is 49.5 Å². The molecule has 1 aliphatic heterocycles. The maximum Gasteiger partial charge on any atom is 0.0784 e. The van der Waals surface area contributed by atoms with Crippen LogP contribution < -0.4 is 5.73 Å². The van der Waals surface area contributed by atoms with E-state index in [1.165, 1.54) is 0 Å². The molecule has 16 heavy (non-hydrogen) atoms. The Bertz CT molecular complexity index is 264. The highest BCUT2D eigenvalue weighted by molar-refractivity contribution is 7.80. The van der Waals surface area contributed by atoms with Gasteiger partial charge >= 0.3 is 0 Å². The fraction of sp³-hybridized carbons (Fsp3) is 0.917. The summed E-state index contributed by atoms with van der Waals surface area (Å²) in [5.74, 6) is 0. The third kappa shape index (κ3) is 4.00. The molecule has 0 saturated carbocycles. The van der Waals surface area contributed by atoms with Crippen LogP contribution in [0, 0.1) is 5.41 Å². The van der Waals surface area contributed by atoms with Gasteiger partial charge in [-0.05, 0) is 39.3 Å². The molecule has 4 heteroatoms. The van der Waals surface area contributed by atoms with Crippen molar-refractivity contribution in [2.24, 2.45) is 11.1 Å². The number of rotatable bonds is 4. The third-order valence-electron chi connectivity index (χ3n) is 3.47. The smallest absolute Gasteiger partial charge is 0.0784 e. The normalized spacial score (nSPS) is 28.0. The molecule has 0 bridgehead atoms. The summed E-state index contributed by atoms with van der Waals surface area (Å²) in [7, 11) is 0. The summed E-state index contributed by atoms with van der Waals surface area (Å²) in [5, 5.41) is 9.99. The number of thiocarbonyl (C=S) groups is 1. The van der Waals surface area contributed by atoms with E-state index in [1.54, 1.807) is 0 Å². The van der Waals surface area contributed by atoms with E-state index in [0.717, 1.165) is 38.9 Å². The van der Waals surface area contributed by atoms with Crippen LogP contribution in [0.15, 0.2) is 0 Å². The second kappa shape index (κ2) is 4.98. The molecule has 1 saturated heterocycles. The molecule has 1 unspecified atom stereocenters. The molecule has 3 N–H and O–H groups in total. The van der Waals surface area contributed by atoms with E-state index in [2.05, 4.69) is 18.7 Å². The number of piperidine rings is 1. The van der Waals surface area contributed by atoms with Gasteiger partial charge in [0.1, 0.15) is 0 Å². The zero-order valence-electron chi connectivity index (χ0n) is 10.6. The number of nitrogens with two attached hydrogens (primary N) is 1. The van der Waals surface area contributed by atoms with Crippen molar-refractivity contribution < 1.29 is 5.11 Å². The molecule has 1 heterocycles. The first-order valence-corrected chi connectivity index (χ1v) is 6.38. The molecule has 0 aromatic rings. The number of hydrogen-bond donors (Lipinski definition) is 2. The van der Waals surface area contributed by atoms with E-state index in [9.17, 15) is 5.11 Å². The molecular weight excluding hydrogens is 220 g/mol. The molecule has 3 nitrogen and oxygen atoms in total. The van der Waals surface area contributed by atoms with Gasteiger partial charge in [-0.2, -0.15) is 0 Å². The van der Waals surface area contributed by atoms with Crippen molar-refractivity contribution in [2.75, 3.05) is 19.6 Å². The van der Waals surface area contributed by atoms with Crippen molar-refractivity contribution in [3.63, 3.8) is 0 Å². The van der Waals surface area contributed by atoms with Crippen LogP contribution in [-0.2, 0) is 0 Å². The van der Waals surface area contributed by atoms with Gasteiger partial charge < -0.3 is 15.7 Å². The van der Waals surface area contributed by atoms with Gasteiger partial charge in [-0.25, -0.2) is 0 Å². The van der Waals surface area contributed by atoms with E-state index >= 15 is 0 Å². The van der Waals surface area contributed by atoms with E-state index in [-0.39, 0.29) is 5.41 Å². The van der Waals surface area contributed by atoms with Crippen LogP contribution in [0.1, 0.15) is 40.0 Å². The molecule has 0 spiro atoms. The van der Waals surface area contributed by atoms with Gasteiger partial charge in [0, 0.05) is 12.0 Å². The van der Waals surface area contributed by atoms with Gasteiger partial charge in [-0.15, -0.1) is 0 Å². The largest absolute Gasteiger partial charge is 0.393 e. The second-order valence-electron chi connectivity index (χ2n) is 5.87. The first-order valence-electron chi connectivity index (χ1n) is 5.98. The molecule has 0 aromatic heterocycles. The second-order valence-corrected chi connectivity index (χ2v) is 6.31. The van der Waals surface area contributed by atoms with Crippen LogP contribution in [0.5, 0.6) is 0 Å². The summed E-state index contributed by atoms with van der Waals surface area (Å²) in [4.78, 5) is 2.89. The Balaban J connectivity index is 2.41. The van der Waals surface area contributed by atoms with Crippen LogP contribution in [0.25, 0.3) is 0 Å². The lowest BCUT2D eigenvalue weighted by molar-refractivity contribution is -0.0171. The summed E-state index contributed by atoms with van der Waals surface area (Å²) in [6.45, 7) is 8.87. The van der Waals surface area contributed by atoms with Gasteiger partial charge in [-0.1, -0.05) is 26.1 Å². The van der Waals surface area contributed by atoms with E-state index < -0.39 is 5.60 Å². The Labute approximate surface area is 104 Å². The van der Waals surface area contributed by atoms with Gasteiger partial charge in [0.05, 0.1) is 10.6 Å². The molecule has 1 rings (SSSR count). The summed E-state index contributed by atoms with van der Waals surface area (Å²) < 4.78 is 0. The molecule has 0 amide bonds. The van der Waals surface area contributed by atoms with Crippen LogP contribution in [-0.4, -0.2) is 40.2 Å². The zero-order valence-corrected chi connectivity index (χ0v) is 11.4. The number of aliphatic hydroxyl groups is 1. The standard InChI is InChI=1S/C12H24N2OS/c1-11(2,10(13)16)6-8-14-7-4-5-12(3,15)9-14/h15H,4-9H2,1-3H3,(H2,13,16). The van der Waals surface area contributed by atoms with Crippen LogP contribution in [0.4, 0.5) is 0 Å². The molecular formula is C12H24N2OS. The summed E-state index contributed by atoms with van der Waals surface area (Å²) >= 11 is 5.05. The maximum atomic E-state index is 9.99. The lowest BCUT2D eigenvalue weighted by Crippen LogP contribution is -2.47. The SMILES string of the molecule is CC1(O)CCCN(CCC(C)(C)C(N)=S)C1. The first kappa shape index (κ1) is 13.9. The van der Waals surface area contributed by atoms with Crippen molar-refractivity contribution >= 4 is 17.2 Å². The minimum atomic E-state index is -0.522. The number of β-amino-alcohol motifs (C(OH)–C–C–N with tert-alkyl or cyclic N) is 1. The Morgan fingerprint density at radius 2 is 2.19 bits per heavy atom. The molecule has 0 radical (unpaired) electrons. The zero-order chi connectivity index (χ0) is 12.4. The Morgan fingerprint density at radius 1 is 1.56 bits per heavy atom. The van der Waals surface area contributed by atoms with Gasteiger partial charge in [0.2, 0.25) is 0 Å². The fourth-order valence-electron chi connectivity index (χ4n) is 2.08. The minimum absolute atomic E-state index is 0.0847. The number of hydrogen-bond acceptors (Lipinski definition) is 3. The molecule has 1 atom stereocenters. The van der Waals surface area contributed by atoms with E-state index in [4.69, 9.17) is 18.0 Å². The van der Waals surface area contributed by atoms with Crippen molar-refractivity contribution in [2.45, 2.75) is 45.6 Å². The van der Waals surface area contributed by atoms with E-state index in [1.807, 2.05) is 6.92 Å². The van der Waals surface area contributed by atoms with Crippen LogP contribution >= 0.6 is 12.2 Å². The summed E-state index contributed by atoms with van der Waals surface area (Å²) in [6.07, 6.45) is 2.93. The maximum absolute atomic E-state index is 9.99.